The Bertz CT molecular complexity index is 787. The highest BCUT2D eigenvalue weighted by Gasteiger charge is 2.20. The summed E-state index contributed by atoms with van der Waals surface area (Å²) < 4.78 is 5.45. The fourth-order valence-electron chi connectivity index (χ4n) is 7.16. The maximum absolute atomic E-state index is 12.4. The van der Waals surface area contributed by atoms with Gasteiger partial charge in [0.2, 0.25) is 5.91 Å². The maximum atomic E-state index is 12.4. The molecule has 2 atom stereocenters. The third-order valence-electron chi connectivity index (χ3n) is 10.8. The van der Waals surface area contributed by atoms with E-state index in [1.165, 1.54) is 161 Å². The van der Waals surface area contributed by atoms with E-state index in [0.29, 0.717) is 25.9 Å². The molecule has 0 aliphatic carbocycles. The molecule has 0 aromatic heterocycles. The molecule has 0 aliphatic heterocycles. The molecule has 0 rings (SSSR count). The molecule has 2 unspecified atom stereocenters. The molecule has 6 nitrogen and oxygen atoms in total. The summed E-state index contributed by atoms with van der Waals surface area (Å²) in [5.74, 6) is -0.0782. The van der Waals surface area contributed by atoms with Gasteiger partial charge < -0.3 is 20.3 Å². The van der Waals surface area contributed by atoms with E-state index < -0.39 is 12.1 Å². The summed E-state index contributed by atoms with van der Waals surface area (Å²) in [5, 5.41) is 23.1. The van der Waals surface area contributed by atoms with E-state index in [0.717, 1.165) is 57.8 Å². The standard InChI is InChI=1S/C47H91NO5/c1-3-5-7-9-11-13-15-16-17-18-21-25-29-33-37-41-47(52)53-42-38-34-30-26-22-19-20-24-28-32-36-40-46(51)48-44(43-49)45(50)39-35-31-27-23-14-12-10-8-6-4-2/h16-17,44-45,49-50H,3-15,18-43H2,1-2H3,(H,48,51)/b17-16-. The monoisotopic (exact) mass is 750 g/mol. The summed E-state index contributed by atoms with van der Waals surface area (Å²) in [6.07, 6.45) is 47.4. The van der Waals surface area contributed by atoms with E-state index in [2.05, 4.69) is 31.3 Å². The molecule has 314 valence electrons. The van der Waals surface area contributed by atoms with Crippen LogP contribution < -0.4 is 5.32 Å². The van der Waals surface area contributed by atoms with Gasteiger partial charge in [-0.25, -0.2) is 0 Å². The number of ether oxygens (including phenoxy) is 1. The summed E-state index contributed by atoms with van der Waals surface area (Å²) in [6.45, 7) is 4.88. The van der Waals surface area contributed by atoms with Gasteiger partial charge in [0, 0.05) is 12.8 Å². The Morgan fingerprint density at radius 3 is 1.34 bits per heavy atom. The second kappa shape index (κ2) is 43.3. The molecular formula is C47H91NO5. The Balaban J connectivity index is 3.46. The lowest BCUT2D eigenvalue weighted by atomic mass is 10.0. The number of hydrogen-bond donors (Lipinski definition) is 3. The minimum Gasteiger partial charge on any atom is -0.466 e. The van der Waals surface area contributed by atoms with Crippen molar-refractivity contribution in [2.45, 2.75) is 264 Å². The second-order valence-electron chi connectivity index (χ2n) is 16.1. The minimum absolute atomic E-state index is 0.0220. The van der Waals surface area contributed by atoms with Crippen LogP contribution in [0.4, 0.5) is 0 Å². The average molecular weight is 750 g/mol. The van der Waals surface area contributed by atoms with Gasteiger partial charge in [-0.3, -0.25) is 9.59 Å². The molecule has 0 fully saturated rings. The quantitative estimate of drug-likeness (QED) is 0.0328. The summed E-state index contributed by atoms with van der Waals surface area (Å²) in [5.41, 5.74) is 0. The van der Waals surface area contributed by atoms with Crippen LogP contribution in [0.1, 0.15) is 251 Å². The van der Waals surface area contributed by atoms with Crippen molar-refractivity contribution in [2.24, 2.45) is 0 Å². The fourth-order valence-corrected chi connectivity index (χ4v) is 7.16. The number of esters is 1. The van der Waals surface area contributed by atoms with Gasteiger partial charge in [-0.1, -0.05) is 199 Å². The van der Waals surface area contributed by atoms with Gasteiger partial charge in [0.15, 0.2) is 0 Å². The van der Waals surface area contributed by atoms with Crippen molar-refractivity contribution in [1.29, 1.82) is 0 Å². The van der Waals surface area contributed by atoms with Crippen molar-refractivity contribution in [3.8, 4) is 0 Å². The van der Waals surface area contributed by atoms with Gasteiger partial charge >= 0.3 is 5.97 Å². The zero-order chi connectivity index (χ0) is 38.7. The van der Waals surface area contributed by atoms with Crippen LogP contribution in [0.3, 0.4) is 0 Å². The van der Waals surface area contributed by atoms with Crippen LogP contribution >= 0.6 is 0 Å². The highest BCUT2D eigenvalue weighted by molar-refractivity contribution is 5.76. The van der Waals surface area contributed by atoms with E-state index in [9.17, 15) is 19.8 Å². The van der Waals surface area contributed by atoms with E-state index in [1.807, 2.05) is 0 Å². The Labute approximate surface area is 329 Å². The molecular weight excluding hydrogens is 659 g/mol. The van der Waals surface area contributed by atoms with Gasteiger partial charge in [-0.2, -0.15) is 0 Å². The van der Waals surface area contributed by atoms with Crippen LogP contribution in [0, 0.1) is 0 Å². The number of hydrogen-bond acceptors (Lipinski definition) is 5. The molecule has 0 saturated carbocycles. The van der Waals surface area contributed by atoms with Crippen molar-refractivity contribution in [1.82, 2.24) is 5.32 Å². The molecule has 0 saturated heterocycles. The molecule has 1 amide bonds. The lowest BCUT2D eigenvalue weighted by Crippen LogP contribution is -2.45. The van der Waals surface area contributed by atoms with Gasteiger partial charge in [0.1, 0.15) is 0 Å². The Kier molecular flexibility index (Phi) is 42.2. The minimum atomic E-state index is -0.674. The van der Waals surface area contributed by atoms with Gasteiger partial charge in [0.25, 0.3) is 0 Å². The van der Waals surface area contributed by atoms with Gasteiger partial charge in [-0.05, 0) is 51.4 Å². The molecule has 0 aliphatic rings. The Morgan fingerprint density at radius 1 is 0.509 bits per heavy atom. The Morgan fingerprint density at radius 2 is 0.887 bits per heavy atom. The normalized spacial score (nSPS) is 12.8. The van der Waals surface area contributed by atoms with Crippen LogP contribution in [0.2, 0.25) is 0 Å². The smallest absolute Gasteiger partial charge is 0.305 e. The van der Waals surface area contributed by atoms with Crippen molar-refractivity contribution in [2.75, 3.05) is 13.2 Å². The fraction of sp³-hybridized carbons (Fsp3) is 0.915. The van der Waals surface area contributed by atoms with E-state index in [1.54, 1.807) is 0 Å². The third kappa shape index (κ3) is 40.1. The van der Waals surface area contributed by atoms with Crippen molar-refractivity contribution in [3.63, 3.8) is 0 Å². The molecule has 53 heavy (non-hydrogen) atoms. The zero-order valence-corrected chi connectivity index (χ0v) is 35.5. The molecule has 0 spiro atoms. The molecule has 3 N–H and O–H groups in total. The summed E-state index contributed by atoms with van der Waals surface area (Å²) >= 11 is 0. The molecule has 0 radical (unpaired) electrons. The van der Waals surface area contributed by atoms with E-state index in [-0.39, 0.29) is 18.5 Å². The highest BCUT2D eigenvalue weighted by atomic mass is 16.5. The van der Waals surface area contributed by atoms with Crippen LogP contribution in [-0.2, 0) is 14.3 Å². The summed E-state index contributed by atoms with van der Waals surface area (Å²) in [6, 6.07) is -0.553. The zero-order valence-electron chi connectivity index (χ0n) is 35.5. The number of aliphatic hydroxyl groups excluding tert-OH is 2. The number of unbranched alkanes of at least 4 members (excludes halogenated alkanes) is 30. The lowest BCUT2D eigenvalue weighted by molar-refractivity contribution is -0.143. The average Bonchev–Trinajstić information content (AvgIpc) is 3.16. The summed E-state index contributed by atoms with van der Waals surface area (Å²) in [4.78, 5) is 24.4. The first-order valence-electron chi connectivity index (χ1n) is 23.4. The van der Waals surface area contributed by atoms with Crippen LogP contribution in [0.5, 0.6) is 0 Å². The number of aliphatic hydroxyl groups is 2. The van der Waals surface area contributed by atoms with Crippen LogP contribution in [0.15, 0.2) is 12.2 Å². The Hall–Kier alpha value is -1.40. The van der Waals surface area contributed by atoms with Crippen molar-refractivity contribution < 1.29 is 24.5 Å². The predicted octanol–water partition coefficient (Wildman–Crippen LogP) is 13.4. The van der Waals surface area contributed by atoms with E-state index >= 15 is 0 Å². The number of amides is 1. The third-order valence-corrected chi connectivity index (χ3v) is 10.8. The molecule has 0 bridgehead atoms. The molecule has 0 aromatic carbocycles. The number of carbonyl (C=O) groups excluding carboxylic acids is 2. The molecule has 0 aromatic rings. The SMILES string of the molecule is CCCCCCCC/C=C\CCCCCCCC(=O)OCCCCCCCCCCCCCC(=O)NC(CO)C(O)CCCCCCCCCCCC. The topological polar surface area (TPSA) is 95.9 Å². The largest absolute Gasteiger partial charge is 0.466 e. The highest BCUT2D eigenvalue weighted by Crippen LogP contribution is 2.15. The summed E-state index contributed by atoms with van der Waals surface area (Å²) in [7, 11) is 0. The number of rotatable bonds is 43. The molecule has 0 heterocycles. The second-order valence-corrected chi connectivity index (χ2v) is 16.1. The number of nitrogens with one attached hydrogen (secondary N) is 1. The van der Waals surface area contributed by atoms with Crippen LogP contribution in [-0.4, -0.2) is 47.4 Å². The predicted molar refractivity (Wildman–Crippen MR) is 227 cm³/mol. The van der Waals surface area contributed by atoms with Gasteiger partial charge in [-0.15, -0.1) is 0 Å². The lowest BCUT2D eigenvalue weighted by Gasteiger charge is -2.22. The number of allylic oxidation sites excluding steroid dienone is 2. The first kappa shape index (κ1) is 51.6. The number of carbonyl (C=O) groups is 2. The molecule has 6 heteroatoms. The van der Waals surface area contributed by atoms with Crippen molar-refractivity contribution >= 4 is 11.9 Å². The van der Waals surface area contributed by atoms with Crippen LogP contribution in [0.25, 0.3) is 0 Å². The first-order chi connectivity index (χ1) is 26.0. The van der Waals surface area contributed by atoms with E-state index in [4.69, 9.17) is 4.74 Å². The maximum Gasteiger partial charge on any atom is 0.305 e. The van der Waals surface area contributed by atoms with Crippen molar-refractivity contribution in [3.05, 3.63) is 12.2 Å². The van der Waals surface area contributed by atoms with Gasteiger partial charge in [0.05, 0.1) is 25.4 Å². The first-order valence-corrected chi connectivity index (χ1v) is 23.4.